The Bertz CT molecular complexity index is 825. The van der Waals surface area contributed by atoms with E-state index in [2.05, 4.69) is 27.6 Å². The Morgan fingerprint density at radius 3 is 2.88 bits per heavy atom. The van der Waals surface area contributed by atoms with Crippen LogP contribution < -0.4 is 4.90 Å². The van der Waals surface area contributed by atoms with Crippen molar-refractivity contribution in [1.82, 2.24) is 19.7 Å². The van der Waals surface area contributed by atoms with E-state index in [1.54, 1.807) is 6.92 Å². The molecule has 1 amide bonds. The number of hydrogen-bond donors (Lipinski definition) is 0. The first-order valence-electron chi connectivity index (χ1n) is 9.15. The van der Waals surface area contributed by atoms with Crippen LogP contribution in [0.5, 0.6) is 0 Å². The summed E-state index contributed by atoms with van der Waals surface area (Å²) in [5.41, 5.74) is 6.04. The average Bonchev–Trinajstić information content (AvgIpc) is 2.99. The van der Waals surface area contributed by atoms with Gasteiger partial charge in [-0.2, -0.15) is 5.10 Å². The molecule has 0 fully saturated rings. The predicted molar refractivity (Wildman–Crippen MR) is 97.0 cm³/mol. The standard InChI is InChI=1S/C19H25N5O/c1-4-24-17-7-9-22(14(3)25)12-16(17)19(21-24)23-8-5-6-15-11-20-13(2)10-18(15)23/h10-11H,4-9,12H2,1-3H3. The van der Waals surface area contributed by atoms with E-state index in [0.29, 0.717) is 6.54 Å². The van der Waals surface area contributed by atoms with Crippen molar-refractivity contribution in [2.75, 3.05) is 18.0 Å². The van der Waals surface area contributed by atoms with Gasteiger partial charge in [0.15, 0.2) is 5.82 Å². The van der Waals surface area contributed by atoms with Gasteiger partial charge in [0, 0.05) is 61.8 Å². The Labute approximate surface area is 148 Å². The molecule has 4 heterocycles. The van der Waals surface area contributed by atoms with Crippen molar-refractivity contribution in [1.29, 1.82) is 0 Å². The molecule has 2 aromatic rings. The maximum atomic E-state index is 11.9. The van der Waals surface area contributed by atoms with Gasteiger partial charge >= 0.3 is 0 Å². The highest BCUT2D eigenvalue weighted by atomic mass is 16.2. The number of amides is 1. The molecule has 132 valence electrons. The Morgan fingerprint density at radius 1 is 1.28 bits per heavy atom. The molecular formula is C19H25N5O. The Kier molecular flexibility index (Phi) is 3.98. The van der Waals surface area contributed by atoms with Crippen LogP contribution in [0.4, 0.5) is 11.5 Å². The first-order valence-corrected chi connectivity index (χ1v) is 9.15. The third-order valence-electron chi connectivity index (χ3n) is 5.33. The second kappa shape index (κ2) is 6.17. The van der Waals surface area contributed by atoms with E-state index < -0.39 is 0 Å². The molecule has 0 saturated carbocycles. The predicted octanol–water partition coefficient (Wildman–Crippen LogP) is 2.60. The molecule has 0 saturated heterocycles. The summed E-state index contributed by atoms with van der Waals surface area (Å²) in [4.78, 5) is 20.6. The van der Waals surface area contributed by atoms with Gasteiger partial charge < -0.3 is 9.80 Å². The van der Waals surface area contributed by atoms with Gasteiger partial charge in [0.1, 0.15) is 0 Å². The van der Waals surface area contributed by atoms with E-state index in [0.717, 1.165) is 50.4 Å². The molecule has 0 bridgehead atoms. The SMILES string of the molecule is CCn1nc(N2CCCc3cnc(C)cc32)c2c1CCN(C(C)=O)C2. The molecule has 0 spiro atoms. The second-order valence-corrected chi connectivity index (χ2v) is 6.96. The zero-order chi connectivity index (χ0) is 17.6. The largest absolute Gasteiger partial charge is 0.338 e. The fraction of sp³-hybridized carbons (Fsp3) is 0.526. The van der Waals surface area contributed by atoms with Crippen LogP contribution in [0, 0.1) is 6.92 Å². The molecule has 2 aliphatic heterocycles. The summed E-state index contributed by atoms with van der Waals surface area (Å²) in [6, 6.07) is 2.16. The van der Waals surface area contributed by atoms with Crippen LogP contribution in [0.3, 0.4) is 0 Å². The molecule has 2 aliphatic rings. The lowest BCUT2D eigenvalue weighted by Crippen LogP contribution is -2.35. The van der Waals surface area contributed by atoms with Crippen LogP contribution in [-0.2, 0) is 30.7 Å². The number of hydrogen-bond acceptors (Lipinski definition) is 4. The molecular weight excluding hydrogens is 314 g/mol. The van der Waals surface area contributed by atoms with E-state index in [1.165, 1.54) is 22.5 Å². The van der Waals surface area contributed by atoms with Crippen molar-refractivity contribution >= 4 is 17.4 Å². The van der Waals surface area contributed by atoms with Gasteiger partial charge in [-0.15, -0.1) is 0 Å². The molecule has 0 aliphatic carbocycles. The average molecular weight is 339 g/mol. The molecule has 6 nitrogen and oxygen atoms in total. The molecule has 0 atom stereocenters. The lowest BCUT2D eigenvalue weighted by molar-refractivity contribution is -0.129. The minimum atomic E-state index is 0.139. The van der Waals surface area contributed by atoms with E-state index in [1.807, 2.05) is 18.0 Å². The highest BCUT2D eigenvalue weighted by Crippen LogP contribution is 2.37. The fourth-order valence-corrected chi connectivity index (χ4v) is 4.01. The number of nitrogens with zero attached hydrogens (tertiary/aromatic N) is 5. The Balaban J connectivity index is 1.81. The number of pyridine rings is 1. The first-order chi connectivity index (χ1) is 12.1. The minimum absolute atomic E-state index is 0.139. The van der Waals surface area contributed by atoms with E-state index in [-0.39, 0.29) is 5.91 Å². The van der Waals surface area contributed by atoms with Gasteiger partial charge in [-0.1, -0.05) is 0 Å². The van der Waals surface area contributed by atoms with Crippen LogP contribution in [0.2, 0.25) is 0 Å². The summed E-state index contributed by atoms with van der Waals surface area (Å²) < 4.78 is 2.12. The highest BCUT2D eigenvalue weighted by Gasteiger charge is 2.30. The van der Waals surface area contributed by atoms with Crippen molar-refractivity contribution in [3.63, 3.8) is 0 Å². The number of anilines is 2. The zero-order valence-electron chi connectivity index (χ0n) is 15.2. The summed E-state index contributed by atoms with van der Waals surface area (Å²) in [5.74, 6) is 1.16. The summed E-state index contributed by atoms with van der Waals surface area (Å²) in [6.07, 6.45) is 5.05. The maximum absolute atomic E-state index is 11.9. The van der Waals surface area contributed by atoms with Crippen LogP contribution in [0.25, 0.3) is 0 Å². The number of carbonyl (C=O) groups excluding carboxylic acids is 1. The van der Waals surface area contributed by atoms with Crippen LogP contribution in [0.15, 0.2) is 12.3 Å². The third kappa shape index (κ3) is 2.69. The van der Waals surface area contributed by atoms with Gasteiger partial charge in [0.25, 0.3) is 0 Å². The lowest BCUT2D eigenvalue weighted by atomic mass is 10.0. The summed E-state index contributed by atoms with van der Waals surface area (Å²) in [6.45, 7) is 9.09. The smallest absolute Gasteiger partial charge is 0.219 e. The van der Waals surface area contributed by atoms with Gasteiger partial charge in [-0.25, -0.2) is 0 Å². The zero-order valence-corrected chi connectivity index (χ0v) is 15.2. The highest BCUT2D eigenvalue weighted by molar-refractivity contribution is 5.75. The van der Waals surface area contributed by atoms with Gasteiger partial charge in [-0.3, -0.25) is 14.5 Å². The van der Waals surface area contributed by atoms with E-state index in [9.17, 15) is 4.79 Å². The summed E-state index contributed by atoms with van der Waals surface area (Å²) >= 11 is 0. The normalized spacial score (nSPS) is 16.6. The van der Waals surface area contributed by atoms with E-state index >= 15 is 0 Å². The number of rotatable bonds is 2. The van der Waals surface area contributed by atoms with Crippen molar-refractivity contribution in [2.24, 2.45) is 0 Å². The first kappa shape index (κ1) is 16.1. The topological polar surface area (TPSA) is 54.3 Å². The van der Waals surface area contributed by atoms with Crippen molar-refractivity contribution < 1.29 is 4.79 Å². The Hall–Kier alpha value is -2.37. The lowest BCUT2D eigenvalue weighted by Gasteiger charge is -2.32. The molecule has 0 unspecified atom stereocenters. The second-order valence-electron chi connectivity index (χ2n) is 6.96. The number of fused-ring (bicyclic) bond motifs is 2. The van der Waals surface area contributed by atoms with Gasteiger partial charge in [-0.05, 0) is 38.3 Å². The van der Waals surface area contributed by atoms with Gasteiger partial charge in [0.05, 0.1) is 6.54 Å². The quantitative estimate of drug-likeness (QED) is 0.844. The molecule has 0 radical (unpaired) electrons. The van der Waals surface area contributed by atoms with E-state index in [4.69, 9.17) is 5.10 Å². The molecule has 0 aromatic carbocycles. The number of aromatic nitrogens is 3. The van der Waals surface area contributed by atoms with Crippen molar-refractivity contribution in [2.45, 2.75) is 53.1 Å². The summed E-state index contributed by atoms with van der Waals surface area (Å²) in [7, 11) is 0. The molecule has 0 N–H and O–H groups in total. The Morgan fingerprint density at radius 2 is 2.12 bits per heavy atom. The molecule has 4 rings (SSSR count). The van der Waals surface area contributed by atoms with Crippen LogP contribution in [0.1, 0.15) is 42.8 Å². The van der Waals surface area contributed by atoms with Crippen molar-refractivity contribution in [3.05, 3.63) is 34.8 Å². The number of aryl methyl sites for hydroxylation is 3. The maximum Gasteiger partial charge on any atom is 0.219 e. The van der Waals surface area contributed by atoms with Gasteiger partial charge in [0.2, 0.25) is 5.91 Å². The molecule has 25 heavy (non-hydrogen) atoms. The monoisotopic (exact) mass is 339 g/mol. The van der Waals surface area contributed by atoms with Crippen molar-refractivity contribution in [3.8, 4) is 0 Å². The van der Waals surface area contributed by atoms with Crippen LogP contribution >= 0.6 is 0 Å². The third-order valence-corrected chi connectivity index (χ3v) is 5.33. The fourth-order valence-electron chi connectivity index (χ4n) is 4.01. The number of carbonyl (C=O) groups is 1. The summed E-state index contributed by atoms with van der Waals surface area (Å²) in [5, 5.41) is 4.94. The molecule has 2 aromatic heterocycles. The minimum Gasteiger partial charge on any atom is -0.338 e. The van der Waals surface area contributed by atoms with Crippen LogP contribution in [-0.4, -0.2) is 38.7 Å². The molecule has 6 heteroatoms.